The van der Waals surface area contributed by atoms with Crippen LogP contribution in [0.5, 0.6) is 0 Å². The fourth-order valence-electron chi connectivity index (χ4n) is 2.98. The first kappa shape index (κ1) is 18.9. The van der Waals surface area contributed by atoms with Crippen molar-refractivity contribution in [1.29, 1.82) is 0 Å². The molecule has 0 saturated heterocycles. The smallest absolute Gasteiger partial charge is 0.378 e. The average molecular weight is 372 g/mol. The van der Waals surface area contributed by atoms with Crippen LogP contribution in [-0.2, 0) is 11.8 Å². The Morgan fingerprint density at radius 3 is 1.74 bits per heavy atom. The minimum absolute atomic E-state index is 0.334. The maximum absolute atomic E-state index is 12.9. The molecule has 3 aromatic rings. The third kappa shape index (κ3) is 3.66. The lowest BCUT2D eigenvalue weighted by molar-refractivity contribution is -0.137. The van der Waals surface area contributed by atoms with Crippen LogP contribution in [0.25, 0.3) is 0 Å². The number of halogens is 3. The molecule has 1 heterocycles. The second-order valence-electron chi connectivity index (χ2n) is 6.47. The Morgan fingerprint density at radius 2 is 1.30 bits per heavy atom. The van der Waals surface area contributed by atoms with Crippen LogP contribution >= 0.6 is 0 Å². The van der Waals surface area contributed by atoms with Crippen molar-refractivity contribution in [2.45, 2.75) is 11.8 Å². The summed E-state index contributed by atoms with van der Waals surface area (Å²) in [5, 5.41) is 11.6. The van der Waals surface area contributed by atoms with Crippen LogP contribution in [0.1, 0.15) is 22.3 Å². The van der Waals surface area contributed by atoms with Gasteiger partial charge in [-0.25, -0.2) is 0 Å². The third-order valence-electron chi connectivity index (χ3n) is 4.51. The van der Waals surface area contributed by atoms with E-state index in [0.29, 0.717) is 16.7 Å². The summed E-state index contributed by atoms with van der Waals surface area (Å²) in [7, 11) is 3.80. The lowest BCUT2D eigenvalue weighted by Gasteiger charge is -2.30. The van der Waals surface area contributed by atoms with Crippen molar-refractivity contribution in [1.82, 2.24) is 4.98 Å². The van der Waals surface area contributed by atoms with Crippen molar-refractivity contribution >= 4 is 5.69 Å². The molecular weight excluding hydrogens is 353 g/mol. The molecule has 27 heavy (non-hydrogen) atoms. The fraction of sp³-hybridized carbons (Fsp3) is 0.190. The van der Waals surface area contributed by atoms with Crippen LogP contribution in [0.15, 0.2) is 73.1 Å². The minimum Gasteiger partial charge on any atom is -0.378 e. The Bertz CT molecular complexity index is 891. The molecule has 1 unspecified atom stereocenters. The zero-order valence-corrected chi connectivity index (χ0v) is 14.9. The number of aromatic nitrogens is 1. The van der Waals surface area contributed by atoms with Crippen molar-refractivity contribution in [2.75, 3.05) is 19.0 Å². The van der Waals surface area contributed by atoms with Crippen molar-refractivity contribution < 1.29 is 18.3 Å². The van der Waals surface area contributed by atoms with E-state index < -0.39 is 17.3 Å². The van der Waals surface area contributed by atoms with Crippen LogP contribution in [-0.4, -0.2) is 24.2 Å². The minimum atomic E-state index is -4.43. The summed E-state index contributed by atoms with van der Waals surface area (Å²) in [6.45, 7) is 0. The Kier molecular flexibility index (Phi) is 4.93. The van der Waals surface area contributed by atoms with E-state index in [9.17, 15) is 18.3 Å². The number of nitrogens with zero attached hydrogens (tertiary/aromatic N) is 2. The lowest BCUT2D eigenvalue weighted by atomic mass is 9.81. The van der Waals surface area contributed by atoms with E-state index in [2.05, 4.69) is 4.98 Å². The van der Waals surface area contributed by atoms with Gasteiger partial charge in [-0.15, -0.1) is 0 Å². The van der Waals surface area contributed by atoms with E-state index in [1.807, 2.05) is 31.1 Å². The van der Waals surface area contributed by atoms with Crippen LogP contribution in [0.4, 0.5) is 18.9 Å². The Balaban J connectivity index is 2.14. The molecule has 1 aromatic heterocycles. The summed E-state index contributed by atoms with van der Waals surface area (Å²) in [6, 6.07) is 15.2. The molecule has 1 N–H and O–H groups in total. The Labute approximate surface area is 155 Å². The van der Waals surface area contributed by atoms with Gasteiger partial charge in [0.05, 0.1) is 5.56 Å². The van der Waals surface area contributed by atoms with Crippen molar-refractivity contribution in [3.8, 4) is 0 Å². The van der Waals surface area contributed by atoms with Crippen LogP contribution in [0, 0.1) is 0 Å². The van der Waals surface area contributed by atoms with E-state index in [-0.39, 0.29) is 0 Å². The summed E-state index contributed by atoms with van der Waals surface area (Å²) >= 11 is 0. The van der Waals surface area contributed by atoms with Gasteiger partial charge in [0.2, 0.25) is 0 Å². The van der Waals surface area contributed by atoms with E-state index in [4.69, 9.17) is 0 Å². The molecule has 6 heteroatoms. The Morgan fingerprint density at radius 1 is 0.778 bits per heavy atom. The number of rotatable bonds is 4. The number of pyridine rings is 1. The zero-order chi connectivity index (χ0) is 19.7. The zero-order valence-electron chi connectivity index (χ0n) is 14.9. The molecule has 2 aromatic carbocycles. The SMILES string of the molecule is CN(C)c1ccc(C(O)(c2ccc(C(F)(F)F)cc2)c2cccnc2)cc1. The monoisotopic (exact) mass is 372 g/mol. The van der Waals surface area contributed by atoms with Crippen molar-refractivity contribution in [3.63, 3.8) is 0 Å². The van der Waals surface area contributed by atoms with Crippen molar-refractivity contribution in [2.24, 2.45) is 0 Å². The molecule has 1 atom stereocenters. The van der Waals surface area contributed by atoms with E-state index in [1.165, 1.54) is 18.3 Å². The van der Waals surface area contributed by atoms with Crippen LogP contribution in [0.3, 0.4) is 0 Å². The Hall–Kier alpha value is -2.86. The number of alkyl halides is 3. The van der Waals surface area contributed by atoms with Gasteiger partial charge in [0, 0.05) is 37.7 Å². The quantitative estimate of drug-likeness (QED) is 0.735. The summed E-state index contributed by atoms with van der Waals surface area (Å²) < 4.78 is 38.7. The maximum atomic E-state index is 12.9. The van der Waals surface area contributed by atoms with Crippen LogP contribution in [0.2, 0.25) is 0 Å². The number of hydrogen-bond donors (Lipinski definition) is 1. The largest absolute Gasteiger partial charge is 0.416 e. The average Bonchev–Trinajstić information content (AvgIpc) is 2.67. The predicted octanol–water partition coefficient (Wildman–Crippen LogP) is 4.45. The molecule has 0 aliphatic heterocycles. The van der Waals surface area contributed by atoms with E-state index in [0.717, 1.165) is 17.8 Å². The molecule has 3 nitrogen and oxygen atoms in total. The summed E-state index contributed by atoms with van der Waals surface area (Å²) in [5.41, 5.74) is -0.0877. The molecule has 140 valence electrons. The van der Waals surface area contributed by atoms with Gasteiger partial charge in [0.15, 0.2) is 0 Å². The summed E-state index contributed by atoms with van der Waals surface area (Å²) in [5.74, 6) is 0. The molecule has 0 aliphatic carbocycles. The highest BCUT2D eigenvalue weighted by Gasteiger charge is 2.36. The molecule has 3 rings (SSSR count). The molecule has 0 fully saturated rings. The van der Waals surface area contributed by atoms with Crippen molar-refractivity contribution in [3.05, 3.63) is 95.3 Å². The predicted molar refractivity (Wildman–Crippen MR) is 98.6 cm³/mol. The topological polar surface area (TPSA) is 36.4 Å². The molecular formula is C21H19F3N2O. The van der Waals surface area contributed by atoms with Gasteiger partial charge in [-0.1, -0.05) is 30.3 Å². The van der Waals surface area contributed by atoms with E-state index >= 15 is 0 Å². The molecule has 0 aliphatic rings. The first-order chi connectivity index (χ1) is 12.7. The van der Waals surface area contributed by atoms with Gasteiger partial charge in [0.1, 0.15) is 5.60 Å². The highest BCUT2D eigenvalue weighted by Crippen LogP contribution is 2.38. The number of aliphatic hydroxyl groups is 1. The lowest BCUT2D eigenvalue weighted by Crippen LogP contribution is -2.29. The molecule has 0 saturated carbocycles. The molecule has 0 bridgehead atoms. The van der Waals surface area contributed by atoms with Gasteiger partial charge in [-0.05, 0) is 41.5 Å². The van der Waals surface area contributed by atoms with Crippen LogP contribution < -0.4 is 4.90 Å². The summed E-state index contributed by atoms with van der Waals surface area (Å²) in [4.78, 5) is 5.98. The highest BCUT2D eigenvalue weighted by atomic mass is 19.4. The second kappa shape index (κ2) is 7.04. The first-order valence-corrected chi connectivity index (χ1v) is 8.31. The molecule has 0 spiro atoms. The van der Waals surface area contributed by atoms with Gasteiger partial charge >= 0.3 is 6.18 Å². The fourth-order valence-corrected chi connectivity index (χ4v) is 2.98. The maximum Gasteiger partial charge on any atom is 0.416 e. The highest BCUT2D eigenvalue weighted by molar-refractivity contribution is 5.52. The summed E-state index contributed by atoms with van der Waals surface area (Å²) in [6.07, 6.45) is -1.35. The number of hydrogen-bond acceptors (Lipinski definition) is 3. The van der Waals surface area contributed by atoms with E-state index in [1.54, 1.807) is 30.5 Å². The van der Waals surface area contributed by atoms with Gasteiger partial charge in [-0.2, -0.15) is 13.2 Å². The van der Waals surface area contributed by atoms with Gasteiger partial charge in [-0.3, -0.25) is 4.98 Å². The molecule has 0 radical (unpaired) electrons. The third-order valence-corrected chi connectivity index (χ3v) is 4.51. The number of benzene rings is 2. The van der Waals surface area contributed by atoms with Gasteiger partial charge < -0.3 is 10.0 Å². The standard InChI is InChI=1S/C21H19F3N2O/c1-26(2)19-11-9-16(10-12-19)20(27,18-4-3-13-25-14-18)15-5-7-17(8-6-15)21(22,23)24/h3-14,27H,1-2H3. The second-order valence-corrected chi connectivity index (χ2v) is 6.47. The normalized spacial score (nSPS) is 13.9. The first-order valence-electron chi connectivity index (χ1n) is 8.31. The molecule has 0 amide bonds. The number of anilines is 1. The van der Waals surface area contributed by atoms with Gasteiger partial charge in [0.25, 0.3) is 0 Å².